The maximum atomic E-state index is 13.1. The fourth-order valence-electron chi connectivity index (χ4n) is 2.75. The van der Waals surface area contributed by atoms with Crippen LogP contribution in [0, 0.1) is 3.57 Å². The van der Waals surface area contributed by atoms with Gasteiger partial charge in [-0.3, -0.25) is 9.59 Å². The summed E-state index contributed by atoms with van der Waals surface area (Å²) in [5.74, 6) is 0.238. The summed E-state index contributed by atoms with van der Waals surface area (Å²) in [6.07, 6.45) is 0. The molecule has 0 unspecified atom stereocenters. The lowest BCUT2D eigenvalue weighted by atomic mass is 10.1. The van der Waals surface area contributed by atoms with Crippen LogP contribution in [-0.2, 0) is 0 Å². The summed E-state index contributed by atoms with van der Waals surface area (Å²) in [5, 5.41) is 5.92. The van der Waals surface area contributed by atoms with Gasteiger partial charge in [-0.2, -0.15) is 0 Å². The van der Waals surface area contributed by atoms with Gasteiger partial charge in [-0.25, -0.2) is 0 Å². The molecule has 3 aromatic rings. The van der Waals surface area contributed by atoms with E-state index in [2.05, 4.69) is 33.2 Å². The molecule has 3 rings (SSSR count). The van der Waals surface area contributed by atoms with Crippen LogP contribution in [0.25, 0.3) is 0 Å². The van der Waals surface area contributed by atoms with Gasteiger partial charge in [0.1, 0.15) is 11.5 Å². The molecule has 8 heteroatoms. The van der Waals surface area contributed by atoms with Gasteiger partial charge in [0.15, 0.2) is 0 Å². The van der Waals surface area contributed by atoms with Crippen LogP contribution < -0.4 is 20.1 Å². The van der Waals surface area contributed by atoms with Gasteiger partial charge in [0.2, 0.25) is 0 Å². The number of methoxy groups -OCH3 is 2. The van der Waals surface area contributed by atoms with Gasteiger partial charge in [-0.05, 0) is 65.1 Å². The van der Waals surface area contributed by atoms with Crippen LogP contribution in [0.2, 0.25) is 5.02 Å². The number of halogens is 2. The van der Waals surface area contributed by atoms with Gasteiger partial charge in [0.25, 0.3) is 11.8 Å². The van der Waals surface area contributed by atoms with E-state index in [0.29, 0.717) is 39.0 Å². The highest BCUT2D eigenvalue weighted by Gasteiger charge is 2.18. The van der Waals surface area contributed by atoms with Crippen molar-refractivity contribution < 1.29 is 19.1 Å². The first-order chi connectivity index (χ1) is 14.4. The molecule has 0 atom stereocenters. The van der Waals surface area contributed by atoms with Gasteiger partial charge >= 0.3 is 0 Å². The van der Waals surface area contributed by atoms with E-state index < -0.39 is 11.8 Å². The zero-order chi connectivity index (χ0) is 21.7. The van der Waals surface area contributed by atoms with E-state index >= 15 is 0 Å². The number of hydrogen-bond acceptors (Lipinski definition) is 4. The molecule has 2 amide bonds. The Balaban J connectivity index is 1.91. The predicted octanol–water partition coefficient (Wildman–Crippen LogP) is 5.47. The largest absolute Gasteiger partial charge is 0.497 e. The van der Waals surface area contributed by atoms with Crippen molar-refractivity contribution in [1.82, 2.24) is 0 Å². The molecular formula is C22H18ClIN2O4. The first-order valence-electron chi connectivity index (χ1n) is 8.81. The van der Waals surface area contributed by atoms with Crippen LogP contribution in [0.3, 0.4) is 0 Å². The number of carbonyl (C=O) groups is 2. The number of anilines is 2. The lowest BCUT2D eigenvalue weighted by molar-refractivity contribution is 0.102. The Morgan fingerprint density at radius 2 is 1.53 bits per heavy atom. The first kappa shape index (κ1) is 21.9. The molecule has 30 heavy (non-hydrogen) atoms. The highest BCUT2D eigenvalue weighted by Crippen LogP contribution is 2.30. The van der Waals surface area contributed by atoms with Gasteiger partial charge in [0, 0.05) is 9.64 Å². The van der Waals surface area contributed by atoms with E-state index in [-0.39, 0.29) is 0 Å². The molecular weight excluding hydrogens is 519 g/mol. The van der Waals surface area contributed by atoms with Crippen LogP contribution in [0.15, 0.2) is 60.7 Å². The average Bonchev–Trinajstić information content (AvgIpc) is 2.75. The van der Waals surface area contributed by atoms with Crippen LogP contribution in [-0.4, -0.2) is 26.0 Å². The molecule has 0 spiro atoms. The van der Waals surface area contributed by atoms with Crippen molar-refractivity contribution in [2.45, 2.75) is 0 Å². The fourth-order valence-corrected chi connectivity index (χ4v) is 3.46. The van der Waals surface area contributed by atoms with Crippen LogP contribution >= 0.6 is 34.2 Å². The number of ether oxygens (including phenoxy) is 2. The second-order valence-corrected chi connectivity index (χ2v) is 7.80. The third kappa shape index (κ3) is 5.03. The Bertz CT molecular complexity index is 1100. The highest BCUT2D eigenvalue weighted by molar-refractivity contribution is 14.1. The third-order valence-electron chi connectivity index (χ3n) is 4.25. The Labute approximate surface area is 192 Å². The number of hydrogen-bond donors (Lipinski definition) is 2. The van der Waals surface area contributed by atoms with Gasteiger partial charge in [-0.15, -0.1) is 0 Å². The molecule has 0 heterocycles. The van der Waals surface area contributed by atoms with Crippen molar-refractivity contribution in [2.24, 2.45) is 0 Å². The van der Waals surface area contributed by atoms with E-state index in [4.69, 9.17) is 21.1 Å². The number of amides is 2. The number of carbonyl (C=O) groups excluding carboxylic acids is 2. The SMILES string of the molecule is COc1ccc(OC)c(NC(=O)c2cc(I)ccc2NC(=O)c2ccccc2Cl)c1. The maximum absolute atomic E-state index is 13.1. The molecule has 0 radical (unpaired) electrons. The Kier molecular flexibility index (Phi) is 7.17. The highest BCUT2D eigenvalue weighted by atomic mass is 127. The monoisotopic (exact) mass is 536 g/mol. The van der Waals surface area contributed by atoms with E-state index in [1.165, 1.54) is 14.2 Å². The standard InChI is InChI=1S/C22H18ClIN2O4/c1-29-14-8-10-20(30-2)19(12-14)26-22(28)16-11-13(24)7-9-18(16)25-21(27)15-5-3-4-6-17(15)23/h3-12H,1-2H3,(H,25,27)(H,26,28). The van der Waals surface area contributed by atoms with Gasteiger partial charge in [-0.1, -0.05) is 23.7 Å². The summed E-state index contributed by atoms with van der Waals surface area (Å²) in [6.45, 7) is 0. The minimum absolute atomic E-state index is 0.298. The zero-order valence-corrected chi connectivity index (χ0v) is 19.1. The number of nitrogens with one attached hydrogen (secondary N) is 2. The van der Waals surface area contributed by atoms with Crippen LogP contribution in [0.5, 0.6) is 11.5 Å². The molecule has 0 aliphatic heterocycles. The van der Waals surface area contributed by atoms with Gasteiger partial charge in [0.05, 0.1) is 41.7 Å². The number of benzene rings is 3. The quantitative estimate of drug-likeness (QED) is 0.410. The Morgan fingerprint density at radius 3 is 2.23 bits per heavy atom. The summed E-state index contributed by atoms with van der Waals surface area (Å²) in [6, 6.07) is 17.0. The van der Waals surface area contributed by atoms with E-state index in [9.17, 15) is 9.59 Å². The van der Waals surface area contributed by atoms with E-state index in [1.807, 2.05) is 0 Å². The Hall–Kier alpha value is -2.78. The van der Waals surface area contributed by atoms with Gasteiger partial charge < -0.3 is 20.1 Å². The third-order valence-corrected chi connectivity index (χ3v) is 5.25. The van der Waals surface area contributed by atoms with Crippen molar-refractivity contribution >= 4 is 57.4 Å². The molecule has 0 saturated carbocycles. The van der Waals surface area contributed by atoms with Crippen molar-refractivity contribution in [3.8, 4) is 11.5 Å². The van der Waals surface area contributed by atoms with Crippen molar-refractivity contribution in [2.75, 3.05) is 24.9 Å². The summed E-state index contributed by atoms with van der Waals surface area (Å²) >= 11 is 8.22. The minimum Gasteiger partial charge on any atom is -0.497 e. The zero-order valence-electron chi connectivity index (χ0n) is 16.2. The average molecular weight is 537 g/mol. The lowest BCUT2D eigenvalue weighted by Gasteiger charge is -2.15. The summed E-state index contributed by atoms with van der Waals surface area (Å²) in [4.78, 5) is 25.7. The molecule has 0 saturated heterocycles. The Morgan fingerprint density at radius 1 is 0.833 bits per heavy atom. The predicted molar refractivity (Wildman–Crippen MR) is 126 cm³/mol. The fraction of sp³-hybridized carbons (Fsp3) is 0.0909. The molecule has 154 valence electrons. The second-order valence-electron chi connectivity index (χ2n) is 6.14. The van der Waals surface area contributed by atoms with E-state index in [1.54, 1.807) is 60.7 Å². The number of rotatable bonds is 6. The van der Waals surface area contributed by atoms with Crippen molar-refractivity contribution in [3.63, 3.8) is 0 Å². The molecule has 6 nitrogen and oxygen atoms in total. The van der Waals surface area contributed by atoms with E-state index in [0.717, 1.165) is 3.57 Å². The molecule has 2 N–H and O–H groups in total. The van der Waals surface area contributed by atoms with Crippen molar-refractivity contribution in [1.29, 1.82) is 0 Å². The minimum atomic E-state index is -0.408. The van der Waals surface area contributed by atoms with Crippen molar-refractivity contribution in [3.05, 3.63) is 80.4 Å². The molecule has 0 aromatic heterocycles. The summed E-state index contributed by atoms with van der Waals surface area (Å²) in [5.41, 5.74) is 1.43. The molecule has 3 aromatic carbocycles. The smallest absolute Gasteiger partial charge is 0.257 e. The second kappa shape index (κ2) is 9.82. The lowest BCUT2D eigenvalue weighted by Crippen LogP contribution is -2.19. The topological polar surface area (TPSA) is 76.7 Å². The first-order valence-corrected chi connectivity index (χ1v) is 10.3. The normalized spacial score (nSPS) is 10.3. The molecule has 0 bridgehead atoms. The molecule has 0 aliphatic rings. The van der Waals surface area contributed by atoms with Crippen LogP contribution in [0.4, 0.5) is 11.4 Å². The van der Waals surface area contributed by atoms with Crippen LogP contribution in [0.1, 0.15) is 20.7 Å². The maximum Gasteiger partial charge on any atom is 0.257 e. The molecule has 0 aliphatic carbocycles. The summed E-state index contributed by atoms with van der Waals surface area (Å²) in [7, 11) is 3.05. The summed E-state index contributed by atoms with van der Waals surface area (Å²) < 4.78 is 11.4. The molecule has 0 fully saturated rings.